The van der Waals surface area contributed by atoms with Gasteiger partial charge in [0.15, 0.2) is 0 Å². The van der Waals surface area contributed by atoms with Crippen LogP contribution < -0.4 is 0 Å². The Morgan fingerprint density at radius 1 is 1.13 bits per heavy atom. The van der Waals surface area contributed by atoms with Gasteiger partial charge in [-0.25, -0.2) is 4.98 Å². The molecular formula is C19H22N4. The summed E-state index contributed by atoms with van der Waals surface area (Å²) in [5.74, 6) is 1.07. The Hall–Kier alpha value is -2.20. The van der Waals surface area contributed by atoms with Gasteiger partial charge in [-0.2, -0.15) is 0 Å². The molecule has 0 N–H and O–H groups in total. The van der Waals surface area contributed by atoms with Crippen LogP contribution >= 0.6 is 0 Å². The molecule has 0 aliphatic heterocycles. The van der Waals surface area contributed by atoms with Gasteiger partial charge in [0.25, 0.3) is 0 Å². The van der Waals surface area contributed by atoms with Gasteiger partial charge in [0.2, 0.25) is 0 Å². The molecule has 0 saturated heterocycles. The Bertz CT molecular complexity index is 816. The number of hydrogen-bond acceptors (Lipinski definition) is 3. The highest BCUT2D eigenvalue weighted by molar-refractivity contribution is 5.94. The Kier molecular flexibility index (Phi) is 3.62. The van der Waals surface area contributed by atoms with Crippen LogP contribution in [0.25, 0.3) is 22.2 Å². The topological polar surface area (TPSA) is 34.0 Å². The maximum atomic E-state index is 4.70. The van der Waals surface area contributed by atoms with Gasteiger partial charge < -0.3 is 9.47 Å². The SMILES string of the molecule is CN(C)[C@@H]1CCC[C@H]1n1ccnc1-c1cccc2cnccc12. The molecule has 1 fully saturated rings. The highest BCUT2D eigenvalue weighted by atomic mass is 15.2. The summed E-state index contributed by atoms with van der Waals surface area (Å²) in [6.45, 7) is 0. The van der Waals surface area contributed by atoms with Crippen LogP contribution in [-0.4, -0.2) is 39.6 Å². The number of pyridine rings is 1. The fourth-order valence-corrected chi connectivity index (χ4v) is 3.95. The van der Waals surface area contributed by atoms with Gasteiger partial charge in [-0.05, 0) is 44.8 Å². The molecule has 1 aliphatic carbocycles. The second kappa shape index (κ2) is 5.78. The standard InChI is InChI=1S/C19H22N4/c1-22(2)17-7-4-8-18(17)23-12-11-21-19(23)16-6-3-5-14-13-20-10-9-15(14)16/h3,5-6,9-13,17-18H,4,7-8H2,1-2H3/t17-,18-/m1/s1. The summed E-state index contributed by atoms with van der Waals surface area (Å²) in [6.07, 6.45) is 11.6. The molecule has 2 heterocycles. The lowest BCUT2D eigenvalue weighted by atomic mass is 10.0. The van der Waals surface area contributed by atoms with Gasteiger partial charge >= 0.3 is 0 Å². The van der Waals surface area contributed by atoms with Crippen LogP contribution in [0.5, 0.6) is 0 Å². The van der Waals surface area contributed by atoms with Crippen molar-refractivity contribution in [2.24, 2.45) is 0 Å². The maximum absolute atomic E-state index is 4.70. The zero-order chi connectivity index (χ0) is 15.8. The molecule has 4 heteroatoms. The van der Waals surface area contributed by atoms with E-state index in [4.69, 9.17) is 4.98 Å². The van der Waals surface area contributed by atoms with E-state index in [2.05, 4.69) is 59.0 Å². The van der Waals surface area contributed by atoms with E-state index in [1.165, 1.54) is 30.2 Å². The molecule has 1 aromatic carbocycles. The van der Waals surface area contributed by atoms with Crippen molar-refractivity contribution >= 4 is 10.8 Å². The minimum atomic E-state index is 0.500. The summed E-state index contributed by atoms with van der Waals surface area (Å²) in [6, 6.07) is 9.54. The largest absolute Gasteiger partial charge is 0.326 e. The number of benzene rings is 1. The highest BCUT2D eigenvalue weighted by Crippen LogP contribution is 2.37. The molecule has 0 bridgehead atoms. The van der Waals surface area contributed by atoms with Crippen molar-refractivity contribution < 1.29 is 0 Å². The summed E-state index contributed by atoms with van der Waals surface area (Å²) >= 11 is 0. The summed E-state index contributed by atoms with van der Waals surface area (Å²) in [4.78, 5) is 11.3. The molecule has 1 aliphatic rings. The van der Waals surface area contributed by atoms with Crippen molar-refractivity contribution in [3.8, 4) is 11.4 Å². The van der Waals surface area contributed by atoms with Crippen LogP contribution in [0.3, 0.4) is 0 Å². The number of fused-ring (bicyclic) bond motifs is 1. The Balaban J connectivity index is 1.83. The second-order valence-corrected chi connectivity index (χ2v) is 6.59. The lowest BCUT2D eigenvalue weighted by molar-refractivity contribution is 0.240. The Morgan fingerprint density at radius 3 is 2.91 bits per heavy atom. The molecular weight excluding hydrogens is 284 g/mol. The van der Waals surface area contributed by atoms with Crippen LogP contribution in [0.15, 0.2) is 49.1 Å². The highest BCUT2D eigenvalue weighted by Gasteiger charge is 2.31. The third kappa shape index (κ3) is 2.43. The number of nitrogens with zero attached hydrogens (tertiary/aromatic N) is 4. The van der Waals surface area contributed by atoms with E-state index in [9.17, 15) is 0 Å². The lowest BCUT2D eigenvalue weighted by Crippen LogP contribution is -2.32. The molecule has 0 amide bonds. The molecule has 1 saturated carbocycles. The van der Waals surface area contributed by atoms with E-state index < -0.39 is 0 Å². The van der Waals surface area contributed by atoms with Crippen LogP contribution in [0.1, 0.15) is 25.3 Å². The summed E-state index contributed by atoms with van der Waals surface area (Å²) in [5.41, 5.74) is 1.19. The lowest BCUT2D eigenvalue weighted by Gasteiger charge is -2.28. The zero-order valence-corrected chi connectivity index (χ0v) is 13.7. The predicted molar refractivity (Wildman–Crippen MR) is 93.3 cm³/mol. The second-order valence-electron chi connectivity index (χ2n) is 6.59. The Labute approximate surface area is 136 Å². The predicted octanol–water partition coefficient (Wildman–Crippen LogP) is 3.75. The smallest absolute Gasteiger partial charge is 0.140 e. The fourth-order valence-electron chi connectivity index (χ4n) is 3.95. The van der Waals surface area contributed by atoms with Crippen molar-refractivity contribution in [3.63, 3.8) is 0 Å². The first-order valence-electron chi connectivity index (χ1n) is 8.28. The van der Waals surface area contributed by atoms with Crippen LogP contribution in [0.2, 0.25) is 0 Å². The van der Waals surface area contributed by atoms with Gasteiger partial charge in [-0.3, -0.25) is 4.98 Å². The van der Waals surface area contributed by atoms with E-state index in [1.54, 1.807) is 0 Å². The van der Waals surface area contributed by atoms with Crippen molar-refractivity contribution in [1.29, 1.82) is 0 Å². The van der Waals surface area contributed by atoms with E-state index in [1.807, 2.05) is 18.6 Å². The molecule has 0 spiro atoms. The summed E-state index contributed by atoms with van der Waals surface area (Å²) in [5, 5.41) is 2.38. The first kappa shape index (κ1) is 14.4. The van der Waals surface area contributed by atoms with Crippen molar-refractivity contribution in [2.45, 2.75) is 31.3 Å². The molecule has 4 nitrogen and oxygen atoms in total. The minimum Gasteiger partial charge on any atom is -0.326 e. The monoisotopic (exact) mass is 306 g/mol. The van der Waals surface area contributed by atoms with Crippen LogP contribution in [-0.2, 0) is 0 Å². The third-order valence-electron chi connectivity index (χ3n) is 5.05. The van der Waals surface area contributed by atoms with Gasteiger partial charge in [0.1, 0.15) is 5.82 Å². The number of rotatable bonds is 3. The van der Waals surface area contributed by atoms with Crippen molar-refractivity contribution in [1.82, 2.24) is 19.4 Å². The zero-order valence-electron chi connectivity index (χ0n) is 13.7. The number of aromatic nitrogens is 3. The van der Waals surface area contributed by atoms with E-state index in [-0.39, 0.29) is 0 Å². The molecule has 118 valence electrons. The van der Waals surface area contributed by atoms with Crippen molar-refractivity contribution in [2.75, 3.05) is 14.1 Å². The van der Waals surface area contributed by atoms with Gasteiger partial charge in [-0.15, -0.1) is 0 Å². The number of hydrogen-bond donors (Lipinski definition) is 0. The number of imidazole rings is 1. The Morgan fingerprint density at radius 2 is 2.04 bits per heavy atom. The fraction of sp³-hybridized carbons (Fsp3) is 0.368. The minimum absolute atomic E-state index is 0.500. The third-order valence-corrected chi connectivity index (χ3v) is 5.05. The molecule has 3 aromatic rings. The van der Waals surface area contributed by atoms with Gasteiger partial charge in [0, 0.05) is 41.8 Å². The molecule has 23 heavy (non-hydrogen) atoms. The molecule has 2 aromatic heterocycles. The summed E-state index contributed by atoms with van der Waals surface area (Å²) < 4.78 is 2.38. The van der Waals surface area contributed by atoms with E-state index in [0.717, 1.165) is 11.2 Å². The first-order chi connectivity index (χ1) is 11.3. The average Bonchev–Trinajstić information content (AvgIpc) is 3.22. The molecule has 2 atom stereocenters. The normalized spacial score (nSPS) is 21.3. The molecule has 0 radical (unpaired) electrons. The van der Waals surface area contributed by atoms with Gasteiger partial charge in [0.05, 0.1) is 6.04 Å². The van der Waals surface area contributed by atoms with Crippen LogP contribution in [0.4, 0.5) is 0 Å². The average molecular weight is 306 g/mol. The van der Waals surface area contributed by atoms with Crippen LogP contribution in [0, 0.1) is 0 Å². The quantitative estimate of drug-likeness (QED) is 0.739. The number of likely N-dealkylation sites (N-methyl/N-ethyl adjacent to an activating group) is 1. The van der Waals surface area contributed by atoms with Gasteiger partial charge in [-0.1, -0.05) is 18.2 Å². The van der Waals surface area contributed by atoms with E-state index in [0.29, 0.717) is 12.1 Å². The first-order valence-corrected chi connectivity index (χ1v) is 8.28. The maximum Gasteiger partial charge on any atom is 0.140 e. The van der Waals surface area contributed by atoms with E-state index >= 15 is 0 Å². The molecule has 0 unspecified atom stereocenters. The summed E-state index contributed by atoms with van der Waals surface area (Å²) in [7, 11) is 4.37. The van der Waals surface area contributed by atoms with Crippen molar-refractivity contribution in [3.05, 3.63) is 49.1 Å². The molecule has 4 rings (SSSR count).